The molecule has 0 bridgehead atoms. The zero-order chi connectivity index (χ0) is 5.11. The van der Waals surface area contributed by atoms with Crippen LogP contribution in [0.2, 0.25) is 0 Å². The van der Waals surface area contributed by atoms with Crippen molar-refractivity contribution in [1.29, 1.82) is 0 Å². The highest BCUT2D eigenvalue weighted by Crippen LogP contribution is 2.05. The van der Waals surface area contributed by atoms with Crippen LogP contribution in [0.3, 0.4) is 0 Å². The van der Waals surface area contributed by atoms with Gasteiger partial charge in [0.1, 0.15) is 0 Å². The highest BCUT2D eigenvalue weighted by Gasteiger charge is 2.08. The van der Waals surface area contributed by atoms with Gasteiger partial charge in [0.25, 0.3) is 0 Å². The van der Waals surface area contributed by atoms with E-state index < -0.39 is 0 Å². The maximum atomic E-state index is 9.68. The maximum absolute atomic E-state index is 9.68. The molecule has 0 radical (unpaired) electrons. The Morgan fingerprint density at radius 1 is 1.29 bits per heavy atom. The van der Waals surface area contributed by atoms with Gasteiger partial charge in [-0.1, -0.05) is 0 Å². The molecule has 40 valence electrons. The second-order valence-corrected chi connectivity index (χ2v) is 1.74. The van der Waals surface area contributed by atoms with Crippen LogP contribution >= 0.6 is 0 Å². The summed E-state index contributed by atoms with van der Waals surface area (Å²) in [6.45, 7) is 1.73. The van der Waals surface area contributed by atoms with E-state index in [1.165, 1.54) is 0 Å². The molecule has 0 saturated carbocycles. The summed E-state index contributed by atoms with van der Waals surface area (Å²) in [7, 11) is 0. The topological polar surface area (TPSA) is 32.7 Å². The summed E-state index contributed by atoms with van der Waals surface area (Å²) in [5, 5.41) is 4.33. The van der Waals surface area contributed by atoms with Crippen molar-refractivity contribution in [3.8, 4) is 0 Å². The third kappa shape index (κ3) is 0.885. The van der Waals surface area contributed by atoms with Gasteiger partial charge in [0.05, 0.1) is 5.29 Å². The Hall–Kier alpha value is -0.600. The SMILES string of the molecule is O=NN1CCCC1. The number of nitrogens with zero attached hydrogens (tertiary/aromatic N) is 2. The Bertz CT molecular complexity index is 68.1. The summed E-state index contributed by atoms with van der Waals surface area (Å²) < 4.78 is 0. The molecule has 1 heterocycles. The fourth-order valence-electron chi connectivity index (χ4n) is 0.782. The van der Waals surface area contributed by atoms with Crippen LogP contribution < -0.4 is 0 Å². The van der Waals surface area contributed by atoms with Crippen LogP contribution in [0.25, 0.3) is 0 Å². The summed E-state index contributed by atoms with van der Waals surface area (Å²) in [5.74, 6) is 0. The summed E-state index contributed by atoms with van der Waals surface area (Å²) in [5.41, 5.74) is 0. The summed E-state index contributed by atoms with van der Waals surface area (Å²) >= 11 is 0. The molecule has 0 aliphatic carbocycles. The van der Waals surface area contributed by atoms with Gasteiger partial charge in [0, 0.05) is 13.1 Å². The summed E-state index contributed by atoms with van der Waals surface area (Å²) in [4.78, 5) is 9.68. The van der Waals surface area contributed by atoms with Crippen LogP contribution in [-0.2, 0) is 0 Å². The van der Waals surface area contributed by atoms with Gasteiger partial charge in [-0.3, -0.25) is 5.01 Å². The van der Waals surface area contributed by atoms with Crippen molar-refractivity contribution in [1.82, 2.24) is 5.01 Å². The van der Waals surface area contributed by atoms with Crippen LogP contribution in [0, 0.1) is 4.91 Å². The Morgan fingerprint density at radius 3 is 2.14 bits per heavy atom. The number of hydrogen-bond acceptors (Lipinski definition) is 2. The Balaban J connectivity index is 2.26. The lowest BCUT2D eigenvalue weighted by Crippen LogP contribution is -2.08. The predicted molar refractivity (Wildman–Crippen MR) is 26.6 cm³/mol. The van der Waals surface area contributed by atoms with Crippen molar-refractivity contribution < 1.29 is 0 Å². The molecule has 1 saturated heterocycles. The second-order valence-electron chi connectivity index (χ2n) is 1.74. The minimum atomic E-state index is 0.865. The van der Waals surface area contributed by atoms with Crippen LogP contribution in [0.15, 0.2) is 5.29 Å². The molecule has 0 unspecified atom stereocenters. The highest BCUT2D eigenvalue weighted by molar-refractivity contribution is 4.59. The lowest BCUT2D eigenvalue weighted by molar-refractivity contribution is 0.355. The number of rotatable bonds is 1. The lowest BCUT2D eigenvalue weighted by atomic mass is 10.4. The first-order valence-electron chi connectivity index (χ1n) is 2.52. The van der Waals surface area contributed by atoms with E-state index in [-0.39, 0.29) is 0 Å². The first-order chi connectivity index (χ1) is 3.43. The second kappa shape index (κ2) is 1.91. The van der Waals surface area contributed by atoms with Crippen molar-refractivity contribution in [3.05, 3.63) is 4.91 Å². The van der Waals surface area contributed by atoms with Gasteiger partial charge in [-0.05, 0) is 12.8 Å². The zero-order valence-electron chi connectivity index (χ0n) is 4.13. The molecule has 1 rings (SSSR count). The first kappa shape index (κ1) is 4.56. The van der Waals surface area contributed by atoms with Crippen LogP contribution in [0.4, 0.5) is 0 Å². The standard InChI is InChI=1S/C4H8N2O/c7-5-6-3-1-2-4-6/h1-4H2. The fraction of sp³-hybridized carbons (Fsp3) is 1.00. The Labute approximate surface area is 42.3 Å². The Morgan fingerprint density at radius 2 is 1.86 bits per heavy atom. The molecule has 7 heavy (non-hydrogen) atoms. The largest absolute Gasteiger partial charge is 0.261 e. The fourth-order valence-corrected chi connectivity index (χ4v) is 0.782. The van der Waals surface area contributed by atoms with E-state index in [4.69, 9.17) is 0 Å². The maximum Gasteiger partial charge on any atom is 0.0523 e. The van der Waals surface area contributed by atoms with Gasteiger partial charge in [-0.15, -0.1) is 4.91 Å². The molecule has 0 amide bonds. The first-order valence-corrected chi connectivity index (χ1v) is 2.52. The molecule has 0 aromatic rings. The molecule has 1 aliphatic heterocycles. The molecule has 0 N–H and O–H groups in total. The molecule has 0 spiro atoms. The van der Waals surface area contributed by atoms with Crippen molar-refractivity contribution in [2.45, 2.75) is 12.8 Å². The van der Waals surface area contributed by atoms with Crippen molar-refractivity contribution in [2.24, 2.45) is 5.29 Å². The van der Waals surface area contributed by atoms with Crippen molar-refractivity contribution in [3.63, 3.8) is 0 Å². The van der Waals surface area contributed by atoms with E-state index >= 15 is 0 Å². The molecular weight excluding hydrogens is 92.1 g/mol. The van der Waals surface area contributed by atoms with E-state index in [9.17, 15) is 4.91 Å². The van der Waals surface area contributed by atoms with E-state index in [2.05, 4.69) is 5.29 Å². The highest BCUT2D eigenvalue weighted by atomic mass is 16.3. The Kier molecular flexibility index (Phi) is 1.24. The average molecular weight is 100 g/mol. The predicted octanol–water partition coefficient (Wildman–Crippen LogP) is 0.764. The number of nitroso groups, excluding NO2 is 1. The van der Waals surface area contributed by atoms with E-state index in [0.717, 1.165) is 25.9 Å². The lowest BCUT2D eigenvalue weighted by Gasteiger charge is -2.00. The molecule has 0 atom stereocenters. The zero-order valence-corrected chi connectivity index (χ0v) is 4.13. The summed E-state index contributed by atoms with van der Waals surface area (Å²) in [6.07, 6.45) is 2.26. The molecule has 1 fully saturated rings. The van der Waals surface area contributed by atoms with E-state index in [1.807, 2.05) is 0 Å². The van der Waals surface area contributed by atoms with Crippen LogP contribution in [-0.4, -0.2) is 18.1 Å². The minimum absolute atomic E-state index is 0.865. The van der Waals surface area contributed by atoms with E-state index in [0.29, 0.717) is 0 Å². The molecule has 1 aliphatic rings. The van der Waals surface area contributed by atoms with Gasteiger partial charge in [0.15, 0.2) is 0 Å². The van der Waals surface area contributed by atoms with Gasteiger partial charge in [-0.25, -0.2) is 0 Å². The molecule has 0 aromatic carbocycles. The number of hydrogen-bond donors (Lipinski definition) is 0. The molecular formula is C4H8N2O. The normalized spacial score (nSPS) is 20.3. The third-order valence-electron chi connectivity index (χ3n) is 1.20. The smallest absolute Gasteiger partial charge is 0.0523 e. The van der Waals surface area contributed by atoms with Gasteiger partial charge in [-0.2, -0.15) is 0 Å². The monoisotopic (exact) mass is 100 g/mol. The molecule has 3 heteroatoms. The minimum Gasteiger partial charge on any atom is -0.261 e. The van der Waals surface area contributed by atoms with Gasteiger partial charge >= 0.3 is 0 Å². The third-order valence-corrected chi connectivity index (χ3v) is 1.20. The van der Waals surface area contributed by atoms with Crippen molar-refractivity contribution >= 4 is 0 Å². The quantitative estimate of drug-likeness (QED) is 0.456. The molecule has 0 aromatic heterocycles. The van der Waals surface area contributed by atoms with Gasteiger partial charge in [0.2, 0.25) is 0 Å². The van der Waals surface area contributed by atoms with Crippen LogP contribution in [0.1, 0.15) is 12.8 Å². The summed E-state index contributed by atoms with van der Waals surface area (Å²) in [6, 6.07) is 0. The van der Waals surface area contributed by atoms with Gasteiger partial charge < -0.3 is 0 Å². The van der Waals surface area contributed by atoms with Crippen molar-refractivity contribution in [2.75, 3.05) is 13.1 Å². The average Bonchev–Trinajstić information content (AvgIpc) is 2.14. The molecule has 3 nitrogen and oxygen atoms in total. The van der Waals surface area contributed by atoms with Crippen LogP contribution in [0.5, 0.6) is 0 Å². The van der Waals surface area contributed by atoms with E-state index in [1.54, 1.807) is 5.01 Å².